The molecule has 6 nitrogen and oxygen atoms in total. The molecule has 0 fully saturated rings. The van der Waals surface area contributed by atoms with Crippen LogP contribution in [0.3, 0.4) is 0 Å². The molecule has 0 aliphatic heterocycles. The number of nitro benzene ring substituents is 1. The second-order valence-electron chi connectivity index (χ2n) is 5.83. The van der Waals surface area contributed by atoms with Crippen LogP contribution in [0.4, 0.5) is 5.69 Å². The van der Waals surface area contributed by atoms with E-state index in [4.69, 9.17) is 0 Å². The van der Waals surface area contributed by atoms with E-state index in [1.165, 1.54) is 6.33 Å². The molecular weight excluding hydrogens is 304 g/mol. The maximum Gasteiger partial charge on any atom is 0.272 e. The van der Waals surface area contributed by atoms with Gasteiger partial charge in [0.25, 0.3) is 5.69 Å². The van der Waals surface area contributed by atoms with Gasteiger partial charge in [0.1, 0.15) is 6.33 Å². The summed E-state index contributed by atoms with van der Waals surface area (Å²) < 4.78 is 2.02. The van der Waals surface area contributed by atoms with Gasteiger partial charge in [-0.05, 0) is 24.6 Å². The van der Waals surface area contributed by atoms with Gasteiger partial charge in [0, 0.05) is 47.4 Å². The van der Waals surface area contributed by atoms with Crippen molar-refractivity contribution >= 4 is 27.5 Å². The minimum Gasteiger partial charge on any atom is -0.350 e. The monoisotopic (exact) mass is 318 g/mol. The number of aromatic nitrogens is 3. The zero-order chi connectivity index (χ0) is 16.8. The van der Waals surface area contributed by atoms with Gasteiger partial charge < -0.3 is 4.57 Å². The first-order valence-electron chi connectivity index (χ1n) is 7.49. The molecule has 4 rings (SSSR count). The lowest BCUT2D eigenvalue weighted by molar-refractivity contribution is -0.385. The molecule has 2 heterocycles. The Morgan fingerprint density at radius 3 is 2.79 bits per heavy atom. The van der Waals surface area contributed by atoms with Crippen molar-refractivity contribution in [3.05, 3.63) is 64.7 Å². The molecule has 0 saturated heterocycles. The van der Waals surface area contributed by atoms with Gasteiger partial charge in [0.15, 0.2) is 0 Å². The molecule has 6 heteroatoms. The van der Waals surface area contributed by atoms with Crippen molar-refractivity contribution in [2.24, 2.45) is 7.05 Å². The first-order chi connectivity index (χ1) is 11.6. The van der Waals surface area contributed by atoms with Gasteiger partial charge in [-0.1, -0.05) is 12.1 Å². The Hall–Kier alpha value is -3.28. The molecule has 0 amide bonds. The number of fused-ring (bicyclic) bond motifs is 3. The minimum atomic E-state index is -0.343. The molecule has 0 N–H and O–H groups in total. The molecule has 0 bridgehead atoms. The Morgan fingerprint density at radius 1 is 1.17 bits per heavy atom. The molecule has 0 atom stereocenters. The lowest BCUT2D eigenvalue weighted by Crippen LogP contribution is -1.94. The van der Waals surface area contributed by atoms with Gasteiger partial charge >= 0.3 is 0 Å². The molecule has 4 aromatic rings. The summed E-state index contributed by atoms with van der Waals surface area (Å²) in [5.74, 6) is 0. The average Bonchev–Trinajstić information content (AvgIpc) is 2.97. The van der Waals surface area contributed by atoms with Crippen molar-refractivity contribution in [1.82, 2.24) is 14.5 Å². The predicted octanol–water partition coefficient (Wildman–Crippen LogP) is 4.01. The average molecular weight is 318 g/mol. The van der Waals surface area contributed by atoms with Crippen molar-refractivity contribution in [3.8, 4) is 11.1 Å². The Kier molecular flexibility index (Phi) is 3.06. The first kappa shape index (κ1) is 14.3. The summed E-state index contributed by atoms with van der Waals surface area (Å²) >= 11 is 0. The lowest BCUT2D eigenvalue weighted by Gasteiger charge is -2.10. The van der Waals surface area contributed by atoms with E-state index in [2.05, 4.69) is 9.97 Å². The number of rotatable bonds is 2. The van der Waals surface area contributed by atoms with Gasteiger partial charge in [-0.3, -0.25) is 10.1 Å². The second-order valence-corrected chi connectivity index (χ2v) is 5.83. The van der Waals surface area contributed by atoms with Crippen LogP contribution in [-0.2, 0) is 7.05 Å². The molecule has 118 valence electrons. The van der Waals surface area contributed by atoms with Crippen molar-refractivity contribution < 1.29 is 4.92 Å². The maximum absolute atomic E-state index is 11.3. The predicted molar refractivity (Wildman–Crippen MR) is 92.8 cm³/mol. The van der Waals surface area contributed by atoms with Crippen molar-refractivity contribution in [2.45, 2.75) is 6.92 Å². The zero-order valence-corrected chi connectivity index (χ0v) is 13.2. The Bertz CT molecular complexity index is 1110. The van der Waals surface area contributed by atoms with Crippen LogP contribution in [0.5, 0.6) is 0 Å². The third-order valence-electron chi connectivity index (χ3n) is 4.36. The van der Waals surface area contributed by atoms with Crippen LogP contribution >= 0.6 is 0 Å². The summed E-state index contributed by atoms with van der Waals surface area (Å²) in [5, 5.41) is 13.3. The smallest absolute Gasteiger partial charge is 0.272 e. The molecular formula is C18H14N4O2. The number of hydrogen-bond donors (Lipinski definition) is 0. The number of nitrogens with zero attached hydrogens (tertiary/aromatic N) is 4. The quantitative estimate of drug-likeness (QED) is 0.413. The highest BCUT2D eigenvalue weighted by atomic mass is 16.6. The number of nitro groups is 1. The Balaban J connectivity index is 2.11. The van der Waals surface area contributed by atoms with E-state index in [1.54, 1.807) is 25.3 Å². The van der Waals surface area contributed by atoms with Gasteiger partial charge in [-0.2, -0.15) is 0 Å². The number of hydrogen-bond acceptors (Lipinski definition) is 4. The summed E-state index contributed by atoms with van der Waals surface area (Å²) in [6.45, 7) is 1.74. The summed E-state index contributed by atoms with van der Waals surface area (Å²) in [7, 11) is 1.96. The summed E-state index contributed by atoms with van der Waals surface area (Å²) in [6.07, 6.45) is 5.29. The molecule has 24 heavy (non-hydrogen) atoms. The summed E-state index contributed by atoms with van der Waals surface area (Å²) in [4.78, 5) is 19.4. The van der Waals surface area contributed by atoms with Crippen LogP contribution in [0, 0.1) is 17.0 Å². The first-order valence-corrected chi connectivity index (χ1v) is 7.49. The van der Waals surface area contributed by atoms with E-state index in [9.17, 15) is 10.1 Å². The van der Waals surface area contributed by atoms with Crippen LogP contribution in [0.15, 0.2) is 49.1 Å². The van der Waals surface area contributed by atoms with Crippen molar-refractivity contribution in [3.63, 3.8) is 0 Å². The van der Waals surface area contributed by atoms with Crippen LogP contribution in [0.2, 0.25) is 0 Å². The van der Waals surface area contributed by atoms with E-state index < -0.39 is 0 Å². The SMILES string of the molecule is Cc1ccc(-c2cc3ncncc3c3ccn(C)c23)cc1[N+](=O)[O-]. The maximum atomic E-state index is 11.3. The Labute approximate surface area is 137 Å². The molecule has 2 aromatic heterocycles. The molecule has 0 unspecified atom stereocenters. The van der Waals surface area contributed by atoms with E-state index >= 15 is 0 Å². The van der Waals surface area contributed by atoms with E-state index in [0.29, 0.717) is 5.56 Å². The van der Waals surface area contributed by atoms with Crippen molar-refractivity contribution in [1.29, 1.82) is 0 Å². The summed E-state index contributed by atoms with van der Waals surface area (Å²) in [6, 6.07) is 9.31. The fourth-order valence-corrected chi connectivity index (χ4v) is 3.14. The highest BCUT2D eigenvalue weighted by Crippen LogP contribution is 2.36. The van der Waals surface area contributed by atoms with Gasteiger partial charge in [0.05, 0.1) is 16.0 Å². The largest absolute Gasteiger partial charge is 0.350 e. The van der Waals surface area contributed by atoms with Crippen LogP contribution in [0.1, 0.15) is 5.56 Å². The van der Waals surface area contributed by atoms with E-state index in [1.807, 2.05) is 36.0 Å². The number of aryl methyl sites for hydroxylation is 2. The third-order valence-corrected chi connectivity index (χ3v) is 4.36. The van der Waals surface area contributed by atoms with Crippen LogP contribution < -0.4 is 0 Å². The van der Waals surface area contributed by atoms with Crippen LogP contribution in [-0.4, -0.2) is 19.5 Å². The molecule has 0 saturated carbocycles. The standard InChI is InChI=1S/C18H14N4O2/c1-11-3-4-12(7-17(11)22(23)24)14-8-16-15(9-19-10-20-16)13-5-6-21(2)18(13)14/h3-10H,1-2H3. The van der Waals surface area contributed by atoms with Crippen molar-refractivity contribution in [2.75, 3.05) is 0 Å². The highest BCUT2D eigenvalue weighted by Gasteiger charge is 2.16. The number of benzene rings is 2. The minimum absolute atomic E-state index is 0.123. The fourth-order valence-electron chi connectivity index (χ4n) is 3.14. The molecule has 0 spiro atoms. The molecule has 0 aliphatic carbocycles. The lowest BCUT2D eigenvalue weighted by atomic mass is 9.98. The normalized spacial score (nSPS) is 11.2. The molecule has 0 radical (unpaired) electrons. The molecule has 0 aliphatic rings. The highest BCUT2D eigenvalue weighted by molar-refractivity contribution is 6.11. The topological polar surface area (TPSA) is 73.8 Å². The summed E-state index contributed by atoms with van der Waals surface area (Å²) in [5.41, 5.74) is 4.33. The van der Waals surface area contributed by atoms with Gasteiger partial charge in [-0.15, -0.1) is 0 Å². The molecule has 2 aromatic carbocycles. The van der Waals surface area contributed by atoms with E-state index in [-0.39, 0.29) is 10.6 Å². The zero-order valence-electron chi connectivity index (χ0n) is 13.2. The van der Waals surface area contributed by atoms with Gasteiger partial charge in [0.2, 0.25) is 0 Å². The van der Waals surface area contributed by atoms with E-state index in [0.717, 1.165) is 32.9 Å². The Morgan fingerprint density at radius 2 is 2.00 bits per heavy atom. The third kappa shape index (κ3) is 2.04. The second kappa shape index (κ2) is 5.13. The van der Waals surface area contributed by atoms with Crippen LogP contribution in [0.25, 0.3) is 32.9 Å². The van der Waals surface area contributed by atoms with Gasteiger partial charge in [-0.25, -0.2) is 9.97 Å². The fraction of sp³-hybridized carbons (Fsp3) is 0.111.